The first kappa shape index (κ1) is 17.2. The van der Waals surface area contributed by atoms with Crippen LogP contribution in [0.3, 0.4) is 0 Å². The van der Waals surface area contributed by atoms with Gasteiger partial charge in [0.15, 0.2) is 0 Å². The van der Waals surface area contributed by atoms with E-state index in [-0.39, 0.29) is 11.9 Å². The molecule has 1 amide bonds. The molecule has 26 heavy (non-hydrogen) atoms. The van der Waals surface area contributed by atoms with Gasteiger partial charge in [-0.2, -0.15) is 0 Å². The molecule has 0 unspecified atom stereocenters. The molecule has 7 heteroatoms. The SMILES string of the molecule is Cc1ccc(C(=O)NC2CCN(c3ncnc4cc(Cl)ccc34)CC2)s1. The maximum absolute atomic E-state index is 12.3. The van der Waals surface area contributed by atoms with Crippen LogP contribution in [0.1, 0.15) is 27.4 Å². The first-order valence-corrected chi connectivity index (χ1v) is 9.82. The van der Waals surface area contributed by atoms with Crippen LogP contribution in [-0.4, -0.2) is 35.0 Å². The molecule has 0 bridgehead atoms. The lowest BCUT2D eigenvalue weighted by Gasteiger charge is -2.33. The summed E-state index contributed by atoms with van der Waals surface area (Å²) in [5, 5.41) is 4.84. The van der Waals surface area contributed by atoms with Crippen molar-refractivity contribution in [2.24, 2.45) is 0 Å². The van der Waals surface area contributed by atoms with Gasteiger partial charge in [-0.05, 0) is 50.1 Å². The van der Waals surface area contributed by atoms with Crippen molar-refractivity contribution < 1.29 is 4.79 Å². The highest BCUT2D eigenvalue weighted by Gasteiger charge is 2.23. The van der Waals surface area contributed by atoms with E-state index in [4.69, 9.17) is 11.6 Å². The van der Waals surface area contributed by atoms with Crippen molar-refractivity contribution in [1.29, 1.82) is 0 Å². The summed E-state index contributed by atoms with van der Waals surface area (Å²) in [5.74, 6) is 0.967. The summed E-state index contributed by atoms with van der Waals surface area (Å²) in [7, 11) is 0. The van der Waals surface area contributed by atoms with Crippen LogP contribution < -0.4 is 10.2 Å². The smallest absolute Gasteiger partial charge is 0.261 e. The van der Waals surface area contributed by atoms with Gasteiger partial charge in [0.25, 0.3) is 5.91 Å². The van der Waals surface area contributed by atoms with Crippen molar-refractivity contribution >= 4 is 45.6 Å². The van der Waals surface area contributed by atoms with E-state index in [1.54, 1.807) is 6.33 Å². The second-order valence-corrected chi connectivity index (χ2v) is 8.23. The number of nitrogens with zero attached hydrogens (tertiary/aromatic N) is 3. The predicted octanol–water partition coefficient (Wildman–Crippen LogP) is 4.05. The maximum atomic E-state index is 12.3. The van der Waals surface area contributed by atoms with E-state index in [0.29, 0.717) is 5.02 Å². The third-order valence-electron chi connectivity index (χ3n) is 4.67. The van der Waals surface area contributed by atoms with E-state index in [0.717, 1.165) is 52.4 Å². The van der Waals surface area contributed by atoms with E-state index < -0.39 is 0 Å². The molecule has 5 nitrogen and oxygen atoms in total. The number of nitrogens with one attached hydrogen (secondary N) is 1. The summed E-state index contributed by atoms with van der Waals surface area (Å²) < 4.78 is 0. The third-order valence-corrected chi connectivity index (χ3v) is 5.91. The molecule has 4 rings (SSSR count). The summed E-state index contributed by atoms with van der Waals surface area (Å²) in [6, 6.07) is 9.77. The van der Waals surface area contributed by atoms with Gasteiger partial charge in [-0.25, -0.2) is 9.97 Å². The molecule has 3 heterocycles. The number of hydrogen-bond donors (Lipinski definition) is 1. The summed E-state index contributed by atoms with van der Waals surface area (Å²) >= 11 is 7.60. The van der Waals surface area contributed by atoms with Crippen LogP contribution in [0.25, 0.3) is 10.9 Å². The number of carbonyl (C=O) groups excluding carboxylic acids is 1. The van der Waals surface area contributed by atoms with Gasteiger partial charge in [-0.1, -0.05) is 11.6 Å². The molecule has 0 radical (unpaired) electrons. The molecule has 0 spiro atoms. The Morgan fingerprint density at radius 2 is 2.04 bits per heavy atom. The van der Waals surface area contributed by atoms with Crippen molar-refractivity contribution in [2.45, 2.75) is 25.8 Å². The number of piperidine rings is 1. The molecule has 1 saturated heterocycles. The van der Waals surface area contributed by atoms with E-state index >= 15 is 0 Å². The van der Waals surface area contributed by atoms with E-state index in [2.05, 4.69) is 20.2 Å². The Hall–Kier alpha value is -2.18. The fraction of sp³-hybridized carbons (Fsp3) is 0.316. The van der Waals surface area contributed by atoms with Gasteiger partial charge >= 0.3 is 0 Å². The second kappa shape index (κ2) is 7.21. The number of hydrogen-bond acceptors (Lipinski definition) is 5. The molecule has 1 aromatic carbocycles. The number of aromatic nitrogens is 2. The fourth-order valence-corrected chi connectivity index (χ4v) is 4.25. The van der Waals surface area contributed by atoms with Crippen molar-refractivity contribution in [2.75, 3.05) is 18.0 Å². The fourth-order valence-electron chi connectivity index (χ4n) is 3.32. The van der Waals surface area contributed by atoms with Crippen molar-refractivity contribution in [3.63, 3.8) is 0 Å². The number of amides is 1. The number of rotatable bonds is 3. The molecule has 3 aromatic rings. The quantitative estimate of drug-likeness (QED) is 0.737. The zero-order chi connectivity index (χ0) is 18.1. The van der Waals surface area contributed by atoms with Crippen LogP contribution in [0.2, 0.25) is 5.02 Å². The summed E-state index contributed by atoms with van der Waals surface area (Å²) in [5.41, 5.74) is 0.853. The zero-order valence-electron chi connectivity index (χ0n) is 14.4. The van der Waals surface area contributed by atoms with Gasteiger partial charge in [0.2, 0.25) is 0 Å². The first-order chi connectivity index (χ1) is 12.6. The zero-order valence-corrected chi connectivity index (χ0v) is 16.0. The van der Waals surface area contributed by atoms with Crippen LogP contribution in [0.5, 0.6) is 0 Å². The highest BCUT2D eigenvalue weighted by molar-refractivity contribution is 7.13. The van der Waals surface area contributed by atoms with E-state index in [9.17, 15) is 4.79 Å². The van der Waals surface area contributed by atoms with Crippen LogP contribution >= 0.6 is 22.9 Å². The van der Waals surface area contributed by atoms with Gasteiger partial charge < -0.3 is 10.2 Å². The highest BCUT2D eigenvalue weighted by Crippen LogP contribution is 2.27. The minimum atomic E-state index is 0.0312. The maximum Gasteiger partial charge on any atom is 0.261 e. The Kier molecular flexibility index (Phi) is 4.78. The van der Waals surface area contributed by atoms with Crippen LogP contribution in [0.15, 0.2) is 36.7 Å². The lowest BCUT2D eigenvalue weighted by atomic mass is 10.0. The Bertz CT molecular complexity index is 950. The number of halogens is 1. The van der Waals surface area contributed by atoms with Gasteiger partial charge in [0.05, 0.1) is 10.4 Å². The van der Waals surface area contributed by atoms with Crippen molar-refractivity contribution in [1.82, 2.24) is 15.3 Å². The number of benzene rings is 1. The molecule has 0 atom stereocenters. The van der Waals surface area contributed by atoms with E-state index in [1.807, 2.05) is 37.3 Å². The van der Waals surface area contributed by atoms with Gasteiger partial charge in [-0.3, -0.25) is 4.79 Å². The Morgan fingerprint density at radius 3 is 2.77 bits per heavy atom. The summed E-state index contributed by atoms with van der Waals surface area (Å²) in [4.78, 5) is 25.3. The molecule has 1 aliphatic rings. The number of fused-ring (bicyclic) bond motifs is 1. The summed E-state index contributed by atoms with van der Waals surface area (Å²) in [6.07, 6.45) is 3.38. The molecule has 0 saturated carbocycles. The highest BCUT2D eigenvalue weighted by atomic mass is 35.5. The average molecular weight is 387 g/mol. The van der Waals surface area contributed by atoms with Gasteiger partial charge in [0.1, 0.15) is 12.1 Å². The van der Waals surface area contributed by atoms with Crippen LogP contribution in [0.4, 0.5) is 5.82 Å². The third kappa shape index (κ3) is 3.52. The lowest BCUT2D eigenvalue weighted by molar-refractivity contribution is 0.0935. The van der Waals surface area contributed by atoms with Crippen molar-refractivity contribution in [3.8, 4) is 0 Å². The molecule has 134 valence electrons. The van der Waals surface area contributed by atoms with E-state index in [1.165, 1.54) is 11.3 Å². The molecular formula is C19H19ClN4OS. The standard InChI is InChI=1S/C19H19ClN4OS/c1-12-2-5-17(26-12)19(25)23-14-6-8-24(9-7-14)18-15-4-3-13(20)10-16(15)21-11-22-18/h2-5,10-11,14H,6-9H2,1H3,(H,23,25). The Balaban J connectivity index is 1.43. The molecule has 1 N–H and O–H groups in total. The van der Waals surface area contributed by atoms with Gasteiger partial charge in [-0.15, -0.1) is 11.3 Å². The minimum Gasteiger partial charge on any atom is -0.356 e. The molecule has 2 aromatic heterocycles. The Morgan fingerprint density at radius 1 is 1.23 bits per heavy atom. The topological polar surface area (TPSA) is 58.1 Å². The van der Waals surface area contributed by atoms with Crippen molar-refractivity contribution in [3.05, 3.63) is 51.4 Å². The minimum absolute atomic E-state index is 0.0312. The number of anilines is 1. The van der Waals surface area contributed by atoms with Gasteiger partial charge in [0, 0.05) is 34.4 Å². The molecular weight excluding hydrogens is 368 g/mol. The lowest BCUT2D eigenvalue weighted by Crippen LogP contribution is -2.44. The second-order valence-electron chi connectivity index (χ2n) is 6.50. The predicted molar refractivity (Wildman–Crippen MR) is 106 cm³/mol. The largest absolute Gasteiger partial charge is 0.356 e. The monoisotopic (exact) mass is 386 g/mol. The molecule has 0 aliphatic carbocycles. The van der Waals surface area contributed by atoms with Crippen LogP contribution in [-0.2, 0) is 0 Å². The number of carbonyl (C=O) groups is 1. The average Bonchev–Trinajstić information content (AvgIpc) is 3.08. The first-order valence-electron chi connectivity index (χ1n) is 8.62. The number of aryl methyl sites for hydroxylation is 1. The van der Waals surface area contributed by atoms with Crippen LogP contribution in [0, 0.1) is 6.92 Å². The molecule has 1 aliphatic heterocycles. The summed E-state index contributed by atoms with van der Waals surface area (Å²) in [6.45, 7) is 3.71. The normalized spacial score (nSPS) is 15.4. The Labute approximate surface area is 161 Å². The number of thiophene rings is 1. The molecule has 1 fully saturated rings.